The predicted octanol–water partition coefficient (Wildman–Crippen LogP) is -0.635. The van der Waals surface area contributed by atoms with E-state index in [1.165, 1.54) is 0 Å². The molecule has 0 bridgehead atoms. The summed E-state index contributed by atoms with van der Waals surface area (Å²) in [5.41, 5.74) is 0. The van der Waals surface area contributed by atoms with E-state index in [-0.39, 0.29) is 24.0 Å². The predicted molar refractivity (Wildman–Crippen MR) is 70.2 cm³/mol. The van der Waals surface area contributed by atoms with Crippen molar-refractivity contribution in [2.45, 2.75) is 25.5 Å². The van der Waals surface area contributed by atoms with Crippen LogP contribution >= 0.6 is 0 Å². The first kappa shape index (κ1) is 13.8. The molecule has 4 unspecified atom stereocenters. The third kappa shape index (κ3) is 2.84. The molecule has 2 saturated heterocycles. The van der Waals surface area contributed by atoms with E-state index >= 15 is 0 Å². The molecule has 2 N–H and O–H groups in total. The van der Waals surface area contributed by atoms with Gasteiger partial charge in [0.15, 0.2) is 0 Å². The minimum Gasteiger partial charge on any atom is -0.391 e. The largest absolute Gasteiger partial charge is 0.391 e. The lowest BCUT2D eigenvalue weighted by molar-refractivity contribution is -0.137. The first-order valence-corrected chi connectivity index (χ1v) is 6.83. The molecule has 1 amide bonds. The maximum Gasteiger partial charge on any atom is 0.227 e. The molecule has 5 heteroatoms. The fourth-order valence-corrected chi connectivity index (χ4v) is 3.11. The molecule has 2 fully saturated rings. The smallest absolute Gasteiger partial charge is 0.227 e. The number of aliphatic hydroxyl groups is 1. The number of hydrogen-bond acceptors (Lipinski definition) is 4. The molecule has 2 aliphatic heterocycles. The SMILES string of the molecule is CC1CNCC1C(=O)N1CC(O)CC1CN(C)C. The Hall–Kier alpha value is -0.650. The summed E-state index contributed by atoms with van der Waals surface area (Å²) in [5, 5.41) is 13.1. The lowest BCUT2D eigenvalue weighted by atomic mass is 9.96. The van der Waals surface area contributed by atoms with Crippen molar-refractivity contribution < 1.29 is 9.90 Å². The van der Waals surface area contributed by atoms with Crippen molar-refractivity contribution in [1.29, 1.82) is 0 Å². The van der Waals surface area contributed by atoms with Gasteiger partial charge in [0, 0.05) is 25.7 Å². The standard InChI is InChI=1S/C13H25N3O2/c1-9-5-14-6-12(9)13(18)16-8-11(17)4-10(16)7-15(2)3/h9-12,14,17H,4-8H2,1-3H3. The number of nitrogens with one attached hydrogen (secondary N) is 1. The minimum atomic E-state index is -0.358. The van der Waals surface area contributed by atoms with Crippen molar-refractivity contribution in [2.24, 2.45) is 11.8 Å². The van der Waals surface area contributed by atoms with E-state index in [1.807, 2.05) is 19.0 Å². The average molecular weight is 255 g/mol. The third-order valence-electron chi connectivity index (χ3n) is 4.09. The Labute approximate surface area is 109 Å². The molecule has 0 radical (unpaired) electrons. The molecule has 4 atom stereocenters. The van der Waals surface area contributed by atoms with Crippen LogP contribution in [0.2, 0.25) is 0 Å². The van der Waals surface area contributed by atoms with Crippen molar-refractivity contribution >= 4 is 5.91 Å². The number of rotatable bonds is 3. The van der Waals surface area contributed by atoms with Gasteiger partial charge in [0.25, 0.3) is 0 Å². The van der Waals surface area contributed by atoms with Crippen LogP contribution in [0.5, 0.6) is 0 Å². The second-order valence-electron chi connectivity index (χ2n) is 6.04. The molecule has 104 valence electrons. The van der Waals surface area contributed by atoms with Gasteiger partial charge in [-0.25, -0.2) is 0 Å². The van der Waals surface area contributed by atoms with E-state index < -0.39 is 0 Å². The van der Waals surface area contributed by atoms with Gasteiger partial charge in [-0.2, -0.15) is 0 Å². The summed E-state index contributed by atoms with van der Waals surface area (Å²) in [6.07, 6.45) is 0.349. The summed E-state index contributed by atoms with van der Waals surface area (Å²) in [4.78, 5) is 16.5. The van der Waals surface area contributed by atoms with Crippen LogP contribution in [0.3, 0.4) is 0 Å². The van der Waals surface area contributed by atoms with E-state index in [2.05, 4.69) is 17.1 Å². The van der Waals surface area contributed by atoms with Gasteiger partial charge in [-0.1, -0.05) is 6.92 Å². The normalized spacial score (nSPS) is 36.6. The second kappa shape index (κ2) is 5.55. The van der Waals surface area contributed by atoms with Gasteiger partial charge in [-0.3, -0.25) is 4.79 Å². The Bertz CT molecular complexity index is 309. The quantitative estimate of drug-likeness (QED) is 0.705. The Balaban J connectivity index is 2.03. The zero-order valence-corrected chi connectivity index (χ0v) is 11.6. The van der Waals surface area contributed by atoms with E-state index in [4.69, 9.17) is 0 Å². The third-order valence-corrected chi connectivity index (χ3v) is 4.09. The summed E-state index contributed by atoms with van der Waals surface area (Å²) in [6.45, 7) is 5.15. The van der Waals surface area contributed by atoms with Crippen LogP contribution in [-0.2, 0) is 4.79 Å². The molecular weight excluding hydrogens is 230 g/mol. The Morgan fingerprint density at radius 3 is 2.72 bits per heavy atom. The molecule has 0 spiro atoms. The Kier molecular flexibility index (Phi) is 4.25. The monoisotopic (exact) mass is 255 g/mol. The van der Waals surface area contributed by atoms with Gasteiger partial charge in [0.1, 0.15) is 0 Å². The molecular formula is C13H25N3O2. The maximum atomic E-state index is 12.6. The van der Waals surface area contributed by atoms with E-state index in [0.29, 0.717) is 18.9 Å². The van der Waals surface area contributed by atoms with Crippen LogP contribution in [0.4, 0.5) is 0 Å². The number of likely N-dealkylation sites (tertiary alicyclic amines) is 1. The number of hydrogen-bond donors (Lipinski definition) is 2. The van der Waals surface area contributed by atoms with Crippen LogP contribution < -0.4 is 5.32 Å². The molecule has 2 aliphatic rings. The first-order chi connectivity index (χ1) is 8.49. The van der Waals surface area contributed by atoms with Crippen LogP contribution in [0, 0.1) is 11.8 Å². The zero-order valence-electron chi connectivity index (χ0n) is 11.6. The summed E-state index contributed by atoms with van der Waals surface area (Å²) >= 11 is 0. The molecule has 0 aromatic rings. The topological polar surface area (TPSA) is 55.8 Å². The minimum absolute atomic E-state index is 0.0833. The van der Waals surface area contributed by atoms with Crippen molar-refractivity contribution in [3.05, 3.63) is 0 Å². The highest BCUT2D eigenvalue weighted by Crippen LogP contribution is 2.25. The van der Waals surface area contributed by atoms with Gasteiger partial charge in [0.2, 0.25) is 5.91 Å². The van der Waals surface area contributed by atoms with Crippen molar-refractivity contribution in [2.75, 3.05) is 40.3 Å². The number of likely N-dealkylation sites (N-methyl/N-ethyl adjacent to an activating group) is 1. The number of aliphatic hydroxyl groups excluding tert-OH is 1. The van der Waals surface area contributed by atoms with Gasteiger partial charge >= 0.3 is 0 Å². The fraction of sp³-hybridized carbons (Fsp3) is 0.923. The highest BCUT2D eigenvalue weighted by molar-refractivity contribution is 5.80. The summed E-state index contributed by atoms with van der Waals surface area (Å²) in [7, 11) is 4.01. The number of carbonyl (C=O) groups is 1. The Morgan fingerprint density at radius 2 is 2.17 bits per heavy atom. The summed E-state index contributed by atoms with van der Waals surface area (Å²) in [5.74, 6) is 0.700. The lowest BCUT2D eigenvalue weighted by Gasteiger charge is -2.30. The average Bonchev–Trinajstić information content (AvgIpc) is 2.83. The van der Waals surface area contributed by atoms with Crippen molar-refractivity contribution in [3.63, 3.8) is 0 Å². The number of amides is 1. The highest BCUT2D eigenvalue weighted by atomic mass is 16.3. The first-order valence-electron chi connectivity index (χ1n) is 6.83. The van der Waals surface area contributed by atoms with Gasteiger partial charge in [0.05, 0.1) is 12.0 Å². The van der Waals surface area contributed by atoms with Crippen LogP contribution in [0.1, 0.15) is 13.3 Å². The molecule has 18 heavy (non-hydrogen) atoms. The summed E-state index contributed by atoms with van der Waals surface area (Å²) < 4.78 is 0. The molecule has 0 saturated carbocycles. The summed E-state index contributed by atoms with van der Waals surface area (Å²) in [6, 6.07) is 0.162. The molecule has 2 rings (SSSR count). The maximum absolute atomic E-state index is 12.6. The molecule has 0 aromatic heterocycles. The van der Waals surface area contributed by atoms with Gasteiger partial charge in [-0.05, 0) is 33.0 Å². The van der Waals surface area contributed by atoms with Crippen molar-refractivity contribution in [3.8, 4) is 0 Å². The molecule has 5 nitrogen and oxygen atoms in total. The van der Waals surface area contributed by atoms with Gasteiger partial charge < -0.3 is 20.2 Å². The number of β-amino-alcohol motifs (C(OH)–C–C–N with tert-alkyl or cyclic N) is 1. The molecule has 0 aliphatic carbocycles. The fourth-order valence-electron chi connectivity index (χ4n) is 3.11. The molecule has 0 aromatic carbocycles. The van der Waals surface area contributed by atoms with E-state index in [9.17, 15) is 9.90 Å². The second-order valence-corrected chi connectivity index (χ2v) is 6.04. The van der Waals surface area contributed by atoms with Crippen LogP contribution in [0.25, 0.3) is 0 Å². The van der Waals surface area contributed by atoms with Gasteiger partial charge in [-0.15, -0.1) is 0 Å². The lowest BCUT2D eigenvalue weighted by Crippen LogP contribution is -2.45. The zero-order chi connectivity index (χ0) is 13.3. The van der Waals surface area contributed by atoms with Crippen LogP contribution in [0.15, 0.2) is 0 Å². The van der Waals surface area contributed by atoms with Crippen molar-refractivity contribution in [1.82, 2.24) is 15.1 Å². The number of carbonyl (C=O) groups excluding carboxylic acids is 1. The highest BCUT2D eigenvalue weighted by Gasteiger charge is 2.40. The molecule has 2 heterocycles. The van der Waals surface area contributed by atoms with Crippen LogP contribution in [-0.4, -0.2) is 73.2 Å². The number of nitrogens with zero attached hydrogens (tertiary/aromatic N) is 2. The van der Waals surface area contributed by atoms with E-state index in [1.54, 1.807) is 0 Å². The van der Waals surface area contributed by atoms with E-state index in [0.717, 1.165) is 19.6 Å². The Morgan fingerprint density at radius 1 is 1.44 bits per heavy atom.